The third kappa shape index (κ3) is 3.92. The van der Waals surface area contributed by atoms with Crippen LogP contribution in [0.2, 0.25) is 0 Å². The minimum atomic E-state index is -0.499. The summed E-state index contributed by atoms with van der Waals surface area (Å²) in [6, 6.07) is 12.5. The van der Waals surface area contributed by atoms with E-state index in [0.29, 0.717) is 35.0 Å². The Bertz CT molecular complexity index is 1140. The molecule has 1 aliphatic heterocycles. The van der Waals surface area contributed by atoms with Crippen molar-refractivity contribution in [3.63, 3.8) is 0 Å². The van der Waals surface area contributed by atoms with E-state index in [9.17, 15) is 9.18 Å². The molecule has 0 saturated carbocycles. The lowest BCUT2D eigenvalue weighted by Crippen LogP contribution is -2.46. The first-order chi connectivity index (χ1) is 15.0. The van der Waals surface area contributed by atoms with E-state index in [1.165, 1.54) is 12.1 Å². The van der Waals surface area contributed by atoms with Gasteiger partial charge in [0, 0.05) is 17.8 Å². The van der Waals surface area contributed by atoms with Gasteiger partial charge in [-0.15, -0.1) is 6.58 Å². The summed E-state index contributed by atoms with van der Waals surface area (Å²) in [4.78, 5) is 18.8. The first-order valence-electron chi connectivity index (χ1n) is 9.65. The number of hydrogen-bond donors (Lipinski definition) is 1. The van der Waals surface area contributed by atoms with Gasteiger partial charge >= 0.3 is 6.03 Å². The van der Waals surface area contributed by atoms with Gasteiger partial charge in [0.25, 0.3) is 5.89 Å². The van der Waals surface area contributed by atoms with Gasteiger partial charge in [0.15, 0.2) is 0 Å². The zero-order valence-electron chi connectivity index (χ0n) is 17.1. The highest BCUT2D eigenvalue weighted by molar-refractivity contribution is 5.87. The maximum absolute atomic E-state index is 13.3. The molecule has 0 aliphatic carbocycles. The molecule has 31 heavy (non-hydrogen) atoms. The molecule has 158 valence electrons. The summed E-state index contributed by atoms with van der Waals surface area (Å²) in [6.07, 6.45) is 1.65. The maximum Gasteiger partial charge on any atom is 0.322 e. The zero-order valence-corrected chi connectivity index (χ0v) is 17.1. The number of rotatable bonds is 6. The number of allylic oxidation sites excluding steroid dienone is 1. The van der Waals surface area contributed by atoms with E-state index in [0.717, 1.165) is 5.56 Å². The van der Waals surface area contributed by atoms with Crippen molar-refractivity contribution in [1.29, 1.82) is 0 Å². The third-order valence-electron chi connectivity index (χ3n) is 5.12. The SMILES string of the molecule is C=CCN1C(=O)NC(c2ccc(OC)cc2)C(c2nc(-c3ccc(F)cc3)no2)=C1C. The van der Waals surface area contributed by atoms with Crippen molar-refractivity contribution in [1.82, 2.24) is 20.4 Å². The Hall–Kier alpha value is -3.94. The van der Waals surface area contributed by atoms with Gasteiger partial charge in [0.2, 0.25) is 5.82 Å². The van der Waals surface area contributed by atoms with E-state index >= 15 is 0 Å². The predicted octanol–water partition coefficient (Wildman–Crippen LogP) is 4.57. The van der Waals surface area contributed by atoms with E-state index in [2.05, 4.69) is 22.0 Å². The minimum Gasteiger partial charge on any atom is -0.497 e. The van der Waals surface area contributed by atoms with Gasteiger partial charge in [-0.3, -0.25) is 4.90 Å². The average molecular weight is 420 g/mol. The normalized spacial score (nSPS) is 16.3. The zero-order chi connectivity index (χ0) is 22.0. The van der Waals surface area contributed by atoms with Gasteiger partial charge in [0.1, 0.15) is 11.6 Å². The number of carbonyl (C=O) groups excluding carboxylic acids is 1. The number of benzene rings is 2. The van der Waals surface area contributed by atoms with Crippen LogP contribution in [0.5, 0.6) is 5.75 Å². The van der Waals surface area contributed by atoms with Crippen LogP contribution in [0.1, 0.15) is 24.4 Å². The Morgan fingerprint density at radius 2 is 1.94 bits per heavy atom. The second-order valence-corrected chi connectivity index (χ2v) is 6.98. The fourth-order valence-corrected chi connectivity index (χ4v) is 3.50. The van der Waals surface area contributed by atoms with E-state index in [1.807, 2.05) is 31.2 Å². The van der Waals surface area contributed by atoms with Crippen LogP contribution in [0, 0.1) is 5.82 Å². The quantitative estimate of drug-likeness (QED) is 0.591. The van der Waals surface area contributed by atoms with Crippen LogP contribution >= 0.6 is 0 Å². The van der Waals surface area contributed by atoms with E-state index < -0.39 is 6.04 Å². The van der Waals surface area contributed by atoms with Crippen LogP contribution in [0.4, 0.5) is 9.18 Å². The number of amides is 2. The number of nitrogens with zero attached hydrogens (tertiary/aromatic N) is 3. The second-order valence-electron chi connectivity index (χ2n) is 6.98. The van der Waals surface area contributed by atoms with Crippen LogP contribution in [-0.4, -0.2) is 34.7 Å². The fraction of sp³-hybridized carbons (Fsp3) is 0.174. The van der Waals surface area contributed by atoms with Gasteiger partial charge in [-0.25, -0.2) is 9.18 Å². The molecule has 1 atom stereocenters. The van der Waals surface area contributed by atoms with Crippen LogP contribution in [0.15, 0.2) is 71.4 Å². The maximum atomic E-state index is 13.3. The molecule has 1 aliphatic rings. The molecule has 0 spiro atoms. The van der Waals surface area contributed by atoms with Crippen LogP contribution < -0.4 is 10.1 Å². The van der Waals surface area contributed by atoms with Gasteiger partial charge in [0.05, 0.1) is 18.7 Å². The number of urea groups is 1. The number of halogens is 1. The van der Waals surface area contributed by atoms with Crippen molar-refractivity contribution >= 4 is 11.6 Å². The van der Waals surface area contributed by atoms with Crippen molar-refractivity contribution in [3.8, 4) is 17.1 Å². The van der Waals surface area contributed by atoms with Gasteiger partial charge in [-0.1, -0.05) is 23.4 Å². The minimum absolute atomic E-state index is 0.250. The summed E-state index contributed by atoms with van der Waals surface area (Å²) in [5.74, 6) is 0.959. The van der Waals surface area contributed by atoms with E-state index in [4.69, 9.17) is 9.26 Å². The Balaban J connectivity index is 1.79. The Labute approximate surface area is 178 Å². The molecular formula is C23H21FN4O3. The smallest absolute Gasteiger partial charge is 0.322 e. The molecule has 0 saturated heterocycles. The van der Waals surface area contributed by atoms with E-state index in [-0.39, 0.29) is 17.7 Å². The van der Waals surface area contributed by atoms with Crippen molar-refractivity contribution in [2.75, 3.05) is 13.7 Å². The molecule has 1 N–H and O–H groups in total. The number of ether oxygens (including phenoxy) is 1. The molecule has 0 fully saturated rings. The lowest BCUT2D eigenvalue weighted by atomic mass is 9.94. The van der Waals surface area contributed by atoms with Crippen molar-refractivity contribution < 1.29 is 18.4 Å². The van der Waals surface area contributed by atoms with Crippen LogP contribution in [-0.2, 0) is 0 Å². The molecule has 7 nitrogen and oxygen atoms in total. The predicted molar refractivity (Wildman–Crippen MR) is 113 cm³/mol. The molecule has 2 heterocycles. The Morgan fingerprint density at radius 3 is 2.58 bits per heavy atom. The standard InChI is InChI=1S/C23H21FN4O3/c1-4-13-28-14(2)19(20(25-23(28)29)15-7-11-18(30-3)12-8-15)22-26-21(27-31-22)16-5-9-17(24)10-6-16/h4-12,20H,1,13H2,2-3H3,(H,25,29). The first-order valence-corrected chi connectivity index (χ1v) is 9.65. The number of hydrogen-bond acceptors (Lipinski definition) is 5. The summed E-state index contributed by atoms with van der Waals surface area (Å²) in [6.45, 7) is 5.89. The second kappa shape index (κ2) is 8.43. The van der Waals surface area contributed by atoms with Crippen molar-refractivity contribution in [2.24, 2.45) is 0 Å². The highest BCUT2D eigenvalue weighted by Crippen LogP contribution is 2.37. The third-order valence-corrected chi connectivity index (χ3v) is 5.12. The lowest BCUT2D eigenvalue weighted by Gasteiger charge is -2.34. The van der Waals surface area contributed by atoms with Gasteiger partial charge in [-0.05, 0) is 48.9 Å². The number of nitrogens with one attached hydrogen (secondary N) is 1. The summed E-state index contributed by atoms with van der Waals surface area (Å²) < 4.78 is 24.1. The summed E-state index contributed by atoms with van der Waals surface area (Å²) in [5.41, 5.74) is 2.81. The van der Waals surface area contributed by atoms with Crippen LogP contribution in [0.3, 0.4) is 0 Å². The van der Waals surface area contributed by atoms with Crippen LogP contribution in [0.25, 0.3) is 17.0 Å². The number of aromatic nitrogens is 2. The van der Waals surface area contributed by atoms with Crippen molar-refractivity contribution in [3.05, 3.63) is 84.2 Å². The highest BCUT2D eigenvalue weighted by atomic mass is 19.1. The van der Waals surface area contributed by atoms with Crippen molar-refractivity contribution in [2.45, 2.75) is 13.0 Å². The molecule has 3 aromatic rings. The Morgan fingerprint density at radius 1 is 1.23 bits per heavy atom. The number of methoxy groups -OCH3 is 1. The van der Waals surface area contributed by atoms with E-state index in [1.54, 1.807) is 30.2 Å². The molecule has 2 aromatic carbocycles. The highest BCUT2D eigenvalue weighted by Gasteiger charge is 2.35. The molecular weight excluding hydrogens is 399 g/mol. The van der Waals surface area contributed by atoms with Gasteiger partial charge < -0.3 is 14.6 Å². The lowest BCUT2D eigenvalue weighted by molar-refractivity contribution is 0.209. The fourth-order valence-electron chi connectivity index (χ4n) is 3.50. The molecule has 0 radical (unpaired) electrons. The monoisotopic (exact) mass is 420 g/mol. The molecule has 2 amide bonds. The average Bonchev–Trinajstić information content (AvgIpc) is 3.26. The molecule has 1 unspecified atom stereocenters. The topological polar surface area (TPSA) is 80.5 Å². The summed E-state index contributed by atoms with van der Waals surface area (Å²) >= 11 is 0. The summed E-state index contributed by atoms with van der Waals surface area (Å²) in [5, 5.41) is 7.06. The molecule has 1 aromatic heterocycles. The molecule has 8 heteroatoms. The number of carbonyl (C=O) groups is 1. The first kappa shape index (κ1) is 20.3. The Kier molecular flexibility index (Phi) is 5.53. The molecule has 0 bridgehead atoms. The summed E-state index contributed by atoms with van der Waals surface area (Å²) in [7, 11) is 1.59. The largest absolute Gasteiger partial charge is 0.497 e. The molecule has 4 rings (SSSR count). The van der Waals surface area contributed by atoms with Gasteiger partial charge in [-0.2, -0.15) is 4.98 Å².